The monoisotopic (exact) mass is 449 g/mol. The number of halogens is 1. The Morgan fingerprint density at radius 1 is 1.21 bits per heavy atom. The molecular formula is C23H24FN7O2. The summed E-state index contributed by atoms with van der Waals surface area (Å²) >= 11 is 0. The second-order valence-corrected chi connectivity index (χ2v) is 8.64. The van der Waals surface area contributed by atoms with Gasteiger partial charge in [0.1, 0.15) is 5.52 Å². The summed E-state index contributed by atoms with van der Waals surface area (Å²) in [6, 6.07) is 7.02. The van der Waals surface area contributed by atoms with Crippen molar-refractivity contribution in [2.45, 2.75) is 25.9 Å². The number of H-pyrrole nitrogens is 1. The van der Waals surface area contributed by atoms with Crippen molar-refractivity contribution in [1.29, 1.82) is 0 Å². The number of rotatable bonds is 3. The van der Waals surface area contributed by atoms with Crippen molar-refractivity contribution < 1.29 is 9.18 Å². The van der Waals surface area contributed by atoms with E-state index in [4.69, 9.17) is 0 Å². The highest BCUT2D eigenvalue weighted by Gasteiger charge is 2.24. The Hall–Kier alpha value is -3.79. The first-order valence-electron chi connectivity index (χ1n) is 10.8. The third kappa shape index (κ3) is 3.93. The molecule has 0 radical (unpaired) electrons. The molecule has 0 aliphatic carbocycles. The number of benzene rings is 2. The average Bonchev–Trinajstić information content (AvgIpc) is 3.12. The van der Waals surface area contributed by atoms with Gasteiger partial charge in [0.2, 0.25) is 0 Å². The van der Waals surface area contributed by atoms with Crippen molar-refractivity contribution in [3.63, 3.8) is 0 Å². The Bertz CT molecular complexity index is 1430. The number of aromatic nitrogens is 4. The first-order valence-corrected chi connectivity index (χ1v) is 10.8. The van der Waals surface area contributed by atoms with E-state index in [1.165, 1.54) is 16.9 Å². The number of piperazine rings is 1. The predicted molar refractivity (Wildman–Crippen MR) is 125 cm³/mol. The smallest absolute Gasteiger partial charge is 0.345 e. The molecule has 4 aromatic rings. The topological polar surface area (TPSA) is 108 Å². The highest BCUT2D eigenvalue weighted by molar-refractivity contribution is 6.14. The number of nitrogens with zero attached hydrogens (tertiary/aromatic N) is 4. The van der Waals surface area contributed by atoms with Gasteiger partial charge >= 0.3 is 5.69 Å². The zero-order valence-corrected chi connectivity index (χ0v) is 18.5. The average molecular weight is 449 g/mol. The van der Waals surface area contributed by atoms with Crippen LogP contribution in [0.1, 0.15) is 24.2 Å². The molecule has 1 saturated heterocycles. The second-order valence-electron chi connectivity index (χ2n) is 8.64. The fourth-order valence-corrected chi connectivity index (χ4v) is 4.61. The number of carbonyl (C=O) groups excluding carboxylic acids is 1. The Balaban J connectivity index is 1.54. The molecule has 3 N–H and O–H groups in total. The summed E-state index contributed by atoms with van der Waals surface area (Å²) in [5.41, 5.74) is 1.56. The van der Waals surface area contributed by atoms with Crippen LogP contribution in [0.4, 0.5) is 15.8 Å². The fourth-order valence-electron chi connectivity index (χ4n) is 4.61. The van der Waals surface area contributed by atoms with Gasteiger partial charge in [-0.25, -0.2) is 14.2 Å². The van der Waals surface area contributed by atoms with Crippen LogP contribution in [0.15, 0.2) is 41.5 Å². The summed E-state index contributed by atoms with van der Waals surface area (Å²) in [4.78, 5) is 34.0. The van der Waals surface area contributed by atoms with Gasteiger partial charge in [-0.15, -0.1) is 0 Å². The SMILES string of the molecule is CC1CN(c2ccc(C(=O)Nc3cc(F)c4nn(C)cc4c3)c3[nH]c(=O)ncc23)CC(C)N1. The Morgan fingerprint density at radius 3 is 2.73 bits per heavy atom. The summed E-state index contributed by atoms with van der Waals surface area (Å²) in [7, 11) is 1.70. The number of nitrogens with one attached hydrogen (secondary N) is 3. The van der Waals surface area contributed by atoms with Gasteiger partial charge < -0.3 is 20.5 Å². The van der Waals surface area contributed by atoms with E-state index in [9.17, 15) is 14.0 Å². The van der Waals surface area contributed by atoms with Crippen molar-refractivity contribution in [2.75, 3.05) is 23.3 Å². The standard InChI is InChI=1S/C23H24FN7O2/c1-12-9-31(10-13(2)26-12)19-5-4-16(21-17(19)8-25-23(33)28-21)22(32)27-15-6-14-11-30(3)29-20(14)18(24)7-15/h4-8,11-13,26H,9-10H2,1-3H3,(H,27,32)(H,25,28,33). The van der Waals surface area contributed by atoms with Crippen LogP contribution in [0.25, 0.3) is 21.8 Å². The summed E-state index contributed by atoms with van der Waals surface area (Å²) < 4.78 is 16.0. The number of aryl methyl sites for hydroxylation is 1. The molecule has 0 spiro atoms. The molecule has 2 aromatic heterocycles. The van der Waals surface area contributed by atoms with Crippen molar-refractivity contribution >= 4 is 39.1 Å². The molecule has 170 valence electrons. The summed E-state index contributed by atoms with van der Waals surface area (Å²) in [6.45, 7) is 5.80. The first-order chi connectivity index (χ1) is 15.8. The van der Waals surface area contributed by atoms with Gasteiger partial charge in [-0.3, -0.25) is 9.48 Å². The van der Waals surface area contributed by atoms with Gasteiger partial charge in [-0.05, 0) is 38.1 Å². The van der Waals surface area contributed by atoms with Crippen LogP contribution in [0.2, 0.25) is 0 Å². The van der Waals surface area contributed by atoms with E-state index < -0.39 is 17.4 Å². The molecule has 3 heterocycles. The first kappa shape index (κ1) is 21.1. The predicted octanol–water partition coefficient (Wildman–Crippen LogP) is 2.39. The lowest BCUT2D eigenvalue weighted by atomic mass is 10.0. The molecule has 9 nitrogen and oxygen atoms in total. The van der Waals surface area contributed by atoms with Crippen LogP contribution in [0.3, 0.4) is 0 Å². The molecule has 2 atom stereocenters. The number of fused-ring (bicyclic) bond motifs is 2. The van der Waals surface area contributed by atoms with Gasteiger partial charge in [0.25, 0.3) is 5.91 Å². The number of hydrogen-bond acceptors (Lipinski definition) is 6. The van der Waals surface area contributed by atoms with Crippen molar-refractivity contribution in [3.05, 3.63) is 58.5 Å². The van der Waals surface area contributed by atoms with Crippen molar-refractivity contribution in [2.24, 2.45) is 7.05 Å². The van der Waals surface area contributed by atoms with E-state index >= 15 is 0 Å². The van der Waals surface area contributed by atoms with Crippen LogP contribution >= 0.6 is 0 Å². The quantitative estimate of drug-likeness (QED) is 0.443. The molecule has 10 heteroatoms. The van der Waals surface area contributed by atoms with Gasteiger partial charge in [0, 0.05) is 66.8 Å². The number of hydrogen-bond donors (Lipinski definition) is 3. The molecule has 1 aliphatic rings. The Kier molecular flexibility index (Phi) is 5.09. The normalized spacial score (nSPS) is 18.7. The molecule has 1 aliphatic heterocycles. The zero-order chi connectivity index (χ0) is 23.3. The van der Waals surface area contributed by atoms with Crippen molar-refractivity contribution in [3.8, 4) is 0 Å². The van der Waals surface area contributed by atoms with Gasteiger partial charge in [-0.1, -0.05) is 0 Å². The summed E-state index contributed by atoms with van der Waals surface area (Å²) in [6.07, 6.45) is 3.18. The largest absolute Gasteiger partial charge is 0.368 e. The molecule has 5 rings (SSSR count). The van der Waals surface area contributed by atoms with Crippen LogP contribution < -0.4 is 21.2 Å². The zero-order valence-electron chi connectivity index (χ0n) is 18.5. The van der Waals surface area contributed by atoms with Gasteiger partial charge in [0.05, 0.1) is 11.1 Å². The summed E-state index contributed by atoms with van der Waals surface area (Å²) in [5.74, 6) is -0.985. The minimum absolute atomic E-state index is 0.236. The Morgan fingerprint density at radius 2 is 1.97 bits per heavy atom. The van der Waals surface area contributed by atoms with Crippen LogP contribution in [0, 0.1) is 5.82 Å². The highest BCUT2D eigenvalue weighted by Crippen LogP contribution is 2.29. The highest BCUT2D eigenvalue weighted by atomic mass is 19.1. The van der Waals surface area contributed by atoms with Crippen LogP contribution in [-0.4, -0.2) is 50.8 Å². The molecule has 0 saturated carbocycles. The van der Waals surface area contributed by atoms with E-state index in [0.717, 1.165) is 18.8 Å². The maximum absolute atomic E-state index is 14.4. The van der Waals surface area contributed by atoms with E-state index in [-0.39, 0.29) is 11.1 Å². The van der Waals surface area contributed by atoms with Gasteiger partial charge in [0.15, 0.2) is 5.82 Å². The molecule has 1 amide bonds. The molecule has 33 heavy (non-hydrogen) atoms. The number of anilines is 2. The molecule has 2 unspecified atom stereocenters. The molecular weight excluding hydrogens is 425 g/mol. The number of aromatic amines is 1. The second kappa shape index (κ2) is 7.96. The lowest BCUT2D eigenvalue weighted by Gasteiger charge is -2.38. The van der Waals surface area contributed by atoms with Crippen molar-refractivity contribution in [1.82, 2.24) is 25.1 Å². The van der Waals surface area contributed by atoms with E-state index in [2.05, 4.69) is 44.4 Å². The maximum atomic E-state index is 14.4. The third-order valence-electron chi connectivity index (χ3n) is 5.84. The van der Waals surface area contributed by atoms with E-state index in [1.54, 1.807) is 25.4 Å². The fraction of sp³-hybridized carbons (Fsp3) is 0.304. The van der Waals surface area contributed by atoms with Crippen LogP contribution in [0.5, 0.6) is 0 Å². The lowest BCUT2D eigenvalue weighted by Crippen LogP contribution is -2.54. The maximum Gasteiger partial charge on any atom is 0.345 e. The molecule has 0 bridgehead atoms. The minimum atomic E-state index is -0.543. The van der Waals surface area contributed by atoms with E-state index in [1.807, 2.05) is 6.07 Å². The molecule has 2 aromatic carbocycles. The number of carbonyl (C=O) groups is 1. The summed E-state index contributed by atoms with van der Waals surface area (Å²) in [5, 5.41) is 11.6. The van der Waals surface area contributed by atoms with E-state index in [0.29, 0.717) is 34.1 Å². The van der Waals surface area contributed by atoms with Crippen LogP contribution in [-0.2, 0) is 7.05 Å². The van der Waals surface area contributed by atoms with Gasteiger partial charge in [-0.2, -0.15) is 5.10 Å². The minimum Gasteiger partial charge on any atom is -0.368 e. The molecule has 1 fully saturated rings. The number of amides is 1. The third-order valence-corrected chi connectivity index (χ3v) is 5.84. The lowest BCUT2D eigenvalue weighted by molar-refractivity contribution is 0.102. The Labute approximate surface area is 188 Å².